The number of carboxylic acids is 1. The molecule has 0 atom stereocenters. The van der Waals surface area contributed by atoms with Crippen molar-refractivity contribution in [2.45, 2.75) is 33.1 Å². The highest BCUT2D eigenvalue weighted by molar-refractivity contribution is 5.70. The van der Waals surface area contributed by atoms with E-state index >= 15 is 0 Å². The van der Waals surface area contributed by atoms with Gasteiger partial charge < -0.3 is 14.7 Å². The molecule has 0 saturated carbocycles. The van der Waals surface area contributed by atoms with E-state index in [0.29, 0.717) is 6.61 Å². The molecule has 1 aromatic carbocycles. The van der Waals surface area contributed by atoms with E-state index in [4.69, 9.17) is 9.84 Å². The van der Waals surface area contributed by atoms with Crippen LogP contribution in [-0.4, -0.2) is 42.2 Å². The minimum Gasteiger partial charge on any atom is -0.493 e. The normalized spacial score (nSPS) is 16.9. The van der Waals surface area contributed by atoms with E-state index < -0.39 is 5.97 Å². The van der Waals surface area contributed by atoms with Gasteiger partial charge in [0.2, 0.25) is 0 Å². The fourth-order valence-corrected chi connectivity index (χ4v) is 2.74. The van der Waals surface area contributed by atoms with Crippen LogP contribution in [0.1, 0.15) is 30.4 Å². The molecule has 1 fully saturated rings. The standard InChI is InChI=1S/C17H25NO3/c1-13-4-5-14(2)16(12-13)21-11-3-8-18-9-6-15(7-10-18)17(19)20/h4-5,12,15H,3,6-11H2,1-2H3,(H,19,20). The summed E-state index contributed by atoms with van der Waals surface area (Å²) in [6, 6.07) is 6.25. The van der Waals surface area contributed by atoms with Gasteiger partial charge >= 0.3 is 5.97 Å². The van der Waals surface area contributed by atoms with Crippen molar-refractivity contribution in [2.75, 3.05) is 26.2 Å². The van der Waals surface area contributed by atoms with Gasteiger partial charge in [-0.2, -0.15) is 0 Å². The molecule has 4 nitrogen and oxygen atoms in total. The average Bonchev–Trinajstić information content (AvgIpc) is 2.47. The lowest BCUT2D eigenvalue weighted by Crippen LogP contribution is -2.37. The van der Waals surface area contributed by atoms with Crippen LogP contribution in [0.15, 0.2) is 18.2 Å². The molecule has 0 unspecified atom stereocenters. The Morgan fingerprint density at radius 1 is 1.33 bits per heavy atom. The molecule has 0 bridgehead atoms. The number of carbonyl (C=O) groups is 1. The van der Waals surface area contributed by atoms with Gasteiger partial charge in [-0.3, -0.25) is 4.79 Å². The van der Waals surface area contributed by atoms with Crippen molar-refractivity contribution in [1.29, 1.82) is 0 Å². The van der Waals surface area contributed by atoms with Gasteiger partial charge in [-0.15, -0.1) is 0 Å². The third-order valence-corrected chi connectivity index (χ3v) is 4.16. The average molecular weight is 291 g/mol. The van der Waals surface area contributed by atoms with E-state index in [9.17, 15) is 4.79 Å². The van der Waals surface area contributed by atoms with E-state index in [1.807, 2.05) is 0 Å². The molecular formula is C17H25NO3. The number of hydrogen-bond donors (Lipinski definition) is 1. The molecule has 4 heteroatoms. The predicted octanol–water partition coefficient (Wildman–Crippen LogP) is 2.87. The van der Waals surface area contributed by atoms with Crippen molar-refractivity contribution in [2.24, 2.45) is 5.92 Å². The van der Waals surface area contributed by atoms with E-state index in [1.54, 1.807) is 0 Å². The van der Waals surface area contributed by atoms with Gasteiger partial charge in [-0.1, -0.05) is 12.1 Å². The van der Waals surface area contributed by atoms with Crippen molar-refractivity contribution < 1.29 is 14.6 Å². The van der Waals surface area contributed by atoms with Crippen LogP contribution in [-0.2, 0) is 4.79 Å². The Hall–Kier alpha value is -1.55. The van der Waals surface area contributed by atoms with Crippen LogP contribution in [0, 0.1) is 19.8 Å². The van der Waals surface area contributed by atoms with Crippen LogP contribution in [0.2, 0.25) is 0 Å². The zero-order valence-corrected chi connectivity index (χ0v) is 13.0. The molecule has 0 aromatic heterocycles. The monoisotopic (exact) mass is 291 g/mol. The third-order valence-electron chi connectivity index (χ3n) is 4.16. The molecule has 116 valence electrons. The Bertz CT molecular complexity index is 479. The number of aliphatic carboxylic acids is 1. The summed E-state index contributed by atoms with van der Waals surface area (Å²) < 4.78 is 5.85. The largest absolute Gasteiger partial charge is 0.493 e. The first-order valence-electron chi connectivity index (χ1n) is 7.71. The SMILES string of the molecule is Cc1ccc(C)c(OCCCN2CCC(C(=O)O)CC2)c1. The van der Waals surface area contributed by atoms with Crippen LogP contribution < -0.4 is 4.74 Å². The van der Waals surface area contributed by atoms with Gasteiger partial charge in [0.25, 0.3) is 0 Å². The van der Waals surface area contributed by atoms with E-state index in [-0.39, 0.29) is 5.92 Å². The van der Waals surface area contributed by atoms with Crippen molar-refractivity contribution in [3.05, 3.63) is 29.3 Å². The van der Waals surface area contributed by atoms with Crippen molar-refractivity contribution >= 4 is 5.97 Å². The molecular weight excluding hydrogens is 266 g/mol. The Kier molecular flexibility index (Phi) is 5.62. The number of ether oxygens (including phenoxy) is 1. The molecule has 0 radical (unpaired) electrons. The fraction of sp³-hybridized carbons (Fsp3) is 0.588. The van der Waals surface area contributed by atoms with E-state index in [2.05, 4.69) is 36.9 Å². The van der Waals surface area contributed by atoms with Crippen LogP contribution in [0.4, 0.5) is 0 Å². The number of hydrogen-bond acceptors (Lipinski definition) is 3. The second kappa shape index (κ2) is 7.46. The molecule has 2 rings (SSSR count). The summed E-state index contributed by atoms with van der Waals surface area (Å²) in [6.07, 6.45) is 2.52. The molecule has 0 amide bonds. The van der Waals surface area contributed by atoms with Crippen LogP contribution >= 0.6 is 0 Å². The lowest BCUT2D eigenvalue weighted by Gasteiger charge is -2.29. The summed E-state index contributed by atoms with van der Waals surface area (Å²) in [7, 11) is 0. The summed E-state index contributed by atoms with van der Waals surface area (Å²) in [5, 5.41) is 8.97. The van der Waals surface area contributed by atoms with Gasteiger partial charge in [-0.25, -0.2) is 0 Å². The minimum atomic E-state index is -0.645. The molecule has 1 aliphatic heterocycles. The van der Waals surface area contributed by atoms with Gasteiger partial charge in [0.1, 0.15) is 5.75 Å². The summed E-state index contributed by atoms with van der Waals surface area (Å²) in [5.41, 5.74) is 2.38. The zero-order valence-electron chi connectivity index (χ0n) is 13.0. The third kappa shape index (κ3) is 4.74. The van der Waals surface area contributed by atoms with Crippen LogP contribution in [0.25, 0.3) is 0 Å². The Morgan fingerprint density at radius 3 is 2.71 bits per heavy atom. The number of nitrogens with zero attached hydrogens (tertiary/aromatic N) is 1. The summed E-state index contributed by atoms with van der Waals surface area (Å²) in [4.78, 5) is 13.2. The van der Waals surface area contributed by atoms with Gasteiger partial charge in [-0.05, 0) is 63.4 Å². The van der Waals surface area contributed by atoms with Crippen molar-refractivity contribution in [3.8, 4) is 5.75 Å². The maximum absolute atomic E-state index is 10.9. The molecule has 0 aliphatic carbocycles. The first-order valence-corrected chi connectivity index (χ1v) is 7.71. The van der Waals surface area contributed by atoms with Crippen molar-refractivity contribution in [3.63, 3.8) is 0 Å². The summed E-state index contributed by atoms with van der Waals surface area (Å²) in [5.74, 6) is 0.180. The molecule has 0 spiro atoms. The fourth-order valence-electron chi connectivity index (χ4n) is 2.74. The Balaban J connectivity index is 1.66. The molecule has 1 aromatic rings. The Morgan fingerprint density at radius 2 is 2.05 bits per heavy atom. The number of carboxylic acid groups (broad SMARTS) is 1. The van der Waals surface area contributed by atoms with Crippen LogP contribution in [0.5, 0.6) is 5.75 Å². The molecule has 1 heterocycles. The maximum atomic E-state index is 10.9. The quantitative estimate of drug-likeness (QED) is 0.819. The highest BCUT2D eigenvalue weighted by atomic mass is 16.5. The number of rotatable bonds is 6. The van der Waals surface area contributed by atoms with Crippen molar-refractivity contribution in [1.82, 2.24) is 4.90 Å². The second-order valence-electron chi connectivity index (χ2n) is 5.93. The number of aryl methyl sites for hydroxylation is 2. The topological polar surface area (TPSA) is 49.8 Å². The zero-order chi connectivity index (χ0) is 15.2. The van der Waals surface area contributed by atoms with Gasteiger partial charge in [0.15, 0.2) is 0 Å². The minimum absolute atomic E-state index is 0.146. The maximum Gasteiger partial charge on any atom is 0.306 e. The summed E-state index contributed by atoms with van der Waals surface area (Å²) in [6.45, 7) is 7.60. The molecule has 1 aliphatic rings. The first kappa shape index (κ1) is 15.8. The summed E-state index contributed by atoms with van der Waals surface area (Å²) >= 11 is 0. The molecule has 21 heavy (non-hydrogen) atoms. The number of piperidine rings is 1. The highest BCUT2D eigenvalue weighted by Crippen LogP contribution is 2.20. The Labute approximate surface area is 126 Å². The lowest BCUT2D eigenvalue weighted by atomic mass is 9.97. The van der Waals surface area contributed by atoms with E-state index in [0.717, 1.165) is 44.6 Å². The lowest BCUT2D eigenvalue weighted by molar-refractivity contribution is -0.143. The smallest absolute Gasteiger partial charge is 0.306 e. The molecule has 1 N–H and O–H groups in total. The van der Waals surface area contributed by atoms with Gasteiger partial charge in [0.05, 0.1) is 12.5 Å². The van der Waals surface area contributed by atoms with Crippen LogP contribution in [0.3, 0.4) is 0 Å². The molecule has 1 saturated heterocycles. The van der Waals surface area contributed by atoms with Gasteiger partial charge in [0, 0.05) is 6.54 Å². The second-order valence-corrected chi connectivity index (χ2v) is 5.93. The first-order chi connectivity index (χ1) is 10.1. The van der Waals surface area contributed by atoms with E-state index in [1.165, 1.54) is 11.1 Å². The number of likely N-dealkylation sites (tertiary alicyclic amines) is 1. The predicted molar refractivity (Wildman–Crippen MR) is 82.8 cm³/mol. The highest BCUT2D eigenvalue weighted by Gasteiger charge is 2.23. The number of benzene rings is 1.